The smallest absolute Gasteiger partial charge is 0.326 e. The number of carboxylic acids is 1. The van der Waals surface area contributed by atoms with Gasteiger partial charge in [0.25, 0.3) is 11.6 Å². The Balaban J connectivity index is 2.71. The third-order valence-corrected chi connectivity index (χ3v) is 2.95. The van der Waals surface area contributed by atoms with Crippen molar-refractivity contribution in [1.82, 2.24) is 5.32 Å². The Morgan fingerprint density at radius 2 is 2.14 bits per heavy atom. The largest absolute Gasteiger partial charge is 0.480 e. The lowest BCUT2D eigenvalue weighted by Crippen LogP contribution is -2.40. The summed E-state index contributed by atoms with van der Waals surface area (Å²) in [5.41, 5.74) is -0.217. The van der Waals surface area contributed by atoms with Crippen molar-refractivity contribution in [3.8, 4) is 6.07 Å². The van der Waals surface area contributed by atoms with E-state index in [0.29, 0.717) is 19.3 Å². The van der Waals surface area contributed by atoms with Crippen LogP contribution in [0, 0.1) is 21.4 Å². The Morgan fingerprint density at radius 1 is 1.41 bits per heavy atom. The topological polar surface area (TPSA) is 133 Å². The maximum Gasteiger partial charge on any atom is 0.326 e. The van der Waals surface area contributed by atoms with Crippen LogP contribution in [0.15, 0.2) is 24.3 Å². The van der Waals surface area contributed by atoms with Crippen LogP contribution in [0.5, 0.6) is 0 Å². The molecule has 0 unspecified atom stereocenters. The number of carbonyl (C=O) groups is 2. The van der Waals surface area contributed by atoms with E-state index in [1.165, 1.54) is 18.2 Å². The zero-order chi connectivity index (χ0) is 16.5. The Bertz CT molecular complexity index is 609. The molecule has 8 nitrogen and oxygen atoms in total. The Kier molecular flexibility index (Phi) is 6.50. The minimum absolute atomic E-state index is 0.0254. The second-order valence-corrected chi connectivity index (χ2v) is 4.58. The van der Waals surface area contributed by atoms with Gasteiger partial charge in [-0.15, -0.1) is 0 Å². The molecule has 0 aliphatic carbocycles. The van der Waals surface area contributed by atoms with E-state index in [2.05, 4.69) is 5.32 Å². The lowest BCUT2D eigenvalue weighted by molar-refractivity contribution is -0.384. The summed E-state index contributed by atoms with van der Waals surface area (Å²) in [7, 11) is 0. The molecule has 1 rings (SSSR count). The number of nitrogens with one attached hydrogen (secondary N) is 1. The summed E-state index contributed by atoms with van der Waals surface area (Å²) in [5, 5.41) is 30.5. The minimum Gasteiger partial charge on any atom is -0.480 e. The van der Waals surface area contributed by atoms with Crippen molar-refractivity contribution in [2.24, 2.45) is 0 Å². The number of non-ortho nitro benzene ring substituents is 1. The first-order chi connectivity index (χ1) is 10.5. The number of unbranched alkanes of at least 4 members (excludes halogenated alkanes) is 2. The van der Waals surface area contributed by atoms with Gasteiger partial charge in [-0.25, -0.2) is 4.79 Å². The van der Waals surface area contributed by atoms with Crippen LogP contribution in [0.1, 0.15) is 36.0 Å². The average molecular weight is 305 g/mol. The van der Waals surface area contributed by atoms with Crippen molar-refractivity contribution in [2.75, 3.05) is 0 Å². The maximum atomic E-state index is 12.0. The number of benzene rings is 1. The zero-order valence-corrected chi connectivity index (χ0v) is 11.7. The van der Waals surface area contributed by atoms with Gasteiger partial charge in [0.15, 0.2) is 0 Å². The quantitative estimate of drug-likeness (QED) is 0.428. The summed E-state index contributed by atoms with van der Waals surface area (Å²) < 4.78 is 0. The number of nitriles is 1. The number of amides is 1. The highest BCUT2D eigenvalue weighted by molar-refractivity contribution is 5.97. The van der Waals surface area contributed by atoms with Crippen LogP contribution in [0.2, 0.25) is 0 Å². The number of hydrogen-bond acceptors (Lipinski definition) is 5. The fourth-order valence-electron chi connectivity index (χ4n) is 1.81. The number of hydrogen-bond donors (Lipinski definition) is 2. The van der Waals surface area contributed by atoms with E-state index in [1.54, 1.807) is 0 Å². The fraction of sp³-hybridized carbons (Fsp3) is 0.357. The lowest BCUT2D eigenvalue weighted by atomic mass is 10.1. The van der Waals surface area contributed by atoms with Crippen LogP contribution < -0.4 is 5.32 Å². The van der Waals surface area contributed by atoms with Crippen molar-refractivity contribution in [3.05, 3.63) is 39.9 Å². The number of nitro benzene ring substituents is 1. The predicted octanol–water partition coefficient (Wildman–Crippen LogP) is 1.86. The molecule has 0 spiro atoms. The molecule has 0 saturated heterocycles. The third-order valence-electron chi connectivity index (χ3n) is 2.95. The lowest BCUT2D eigenvalue weighted by Gasteiger charge is -2.14. The first-order valence-electron chi connectivity index (χ1n) is 6.60. The highest BCUT2D eigenvalue weighted by Crippen LogP contribution is 2.13. The van der Waals surface area contributed by atoms with E-state index in [1.807, 2.05) is 6.07 Å². The molecule has 0 radical (unpaired) electrons. The summed E-state index contributed by atoms with van der Waals surface area (Å²) in [6.07, 6.45) is 1.55. The van der Waals surface area contributed by atoms with Crippen LogP contribution >= 0.6 is 0 Å². The Hall–Kier alpha value is -2.95. The zero-order valence-electron chi connectivity index (χ0n) is 11.7. The van der Waals surface area contributed by atoms with Gasteiger partial charge in [0.2, 0.25) is 0 Å². The predicted molar refractivity (Wildman–Crippen MR) is 76.1 cm³/mol. The van der Waals surface area contributed by atoms with Gasteiger partial charge in [0.1, 0.15) is 6.04 Å². The Labute approximate surface area is 126 Å². The molecule has 1 aromatic carbocycles. The number of nitro groups is 1. The van der Waals surface area contributed by atoms with Crippen LogP contribution in [0.3, 0.4) is 0 Å². The molecule has 0 fully saturated rings. The molecule has 1 aromatic rings. The highest BCUT2D eigenvalue weighted by atomic mass is 16.6. The van der Waals surface area contributed by atoms with Crippen LogP contribution in [-0.4, -0.2) is 27.9 Å². The number of carbonyl (C=O) groups excluding carboxylic acids is 1. The van der Waals surface area contributed by atoms with Gasteiger partial charge in [0, 0.05) is 24.1 Å². The summed E-state index contributed by atoms with van der Waals surface area (Å²) in [6.45, 7) is 0. The van der Waals surface area contributed by atoms with Gasteiger partial charge in [-0.05, 0) is 25.3 Å². The molecule has 1 amide bonds. The molecule has 0 aromatic heterocycles. The second kappa shape index (κ2) is 8.36. The van der Waals surface area contributed by atoms with Crippen molar-refractivity contribution in [2.45, 2.75) is 31.7 Å². The van der Waals surface area contributed by atoms with Crippen LogP contribution in [0.4, 0.5) is 5.69 Å². The number of aliphatic carboxylic acids is 1. The monoisotopic (exact) mass is 305 g/mol. The van der Waals surface area contributed by atoms with Crippen molar-refractivity contribution in [1.29, 1.82) is 5.26 Å². The third kappa shape index (κ3) is 5.20. The molecule has 0 bridgehead atoms. The molecular formula is C14H15N3O5. The molecule has 2 N–H and O–H groups in total. The molecule has 1 atom stereocenters. The minimum atomic E-state index is -1.18. The van der Waals surface area contributed by atoms with Crippen LogP contribution in [0.25, 0.3) is 0 Å². The van der Waals surface area contributed by atoms with Crippen molar-refractivity contribution >= 4 is 17.6 Å². The fourth-order valence-corrected chi connectivity index (χ4v) is 1.81. The number of nitrogens with zero attached hydrogens (tertiary/aromatic N) is 2. The van der Waals surface area contributed by atoms with Gasteiger partial charge < -0.3 is 10.4 Å². The first-order valence-corrected chi connectivity index (χ1v) is 6.60. The first kappa shape index (κ1) is 17.1. The van der Waals surface area contributed by atoms with Gasteiger partial charge in [-0.2, -0.15) is 5.26 Å². The van der Waals surface area contributed by atoms with Gasteiger partial charge >= 0.3 is 5.97 Å². The van der Waals surface area contributed by atoms with Crippen molar-refractivity contribution in [3.63, 3.8) is 0 Å². The molecular weight excluding hydrogens is 290 g/mol. The summed E-state index contributed by atoms with van der Waals surface area (Å²) in [6, 6.07) is 5.92. The van der Waals surface area contributed by atoms with Gasteiger partial charge in [0.05, 0.1) is 11.0 Å². The molecule has 0 saturated carbocycles. The number of rotatable bonds is 8. The maximum absolute atomic E-state index is 12.0. The highest BCUT2D eigenvalue weighted by Gasteiger charge is 2.21. The molecule has 8 heteroatoms. The molecule has 0 aliphatic rings. The van der Waals surface area contributed by atoms with E-state index >= 15 is 0 Å². The summed E-state index contributed by atoms with van der Waals surface area (Å²) in [5.74, 6) is -1.87. The Morgan fingerprint density at radius 3 is 2.73 bits per heavy atom. The number of carboxylic acid groups (broad SMARTS) is 1. The van der Waals surface area contributed by atoms with E-state index in [9.17, 15) is 19.7 Å². The second-order valence-electron chi connectivity index (χ2n) is 4.58. The van der Waals surface area contributed by atoms with E-state index in [4.69, 9.17) is 10.4 Å². The van der Waals surface area contributed by atoms with Gasteiger partial charge in [-0.3, -0.25) is 14.9 Å². The molecule has 0 heterocycles. The molecule has 0 aliphatic heterocycles. The SMILES string of the molecule is N#CCCCC[C@H](NC(=O)c1cccc([N+](=O)[O-])c1)C(=O)O. The van der Waals surface area contributed by atoms with E-state index in [0.717, 1.165) is 6.07 Å². The normalized spacial score (nSPS) is 11.2. The standard InChI is InChI=1S/C14H15N3O5/c15-8-3-1-2-7-12(14(19)20)16-13(18)10-5-4-6-11(9-10)17(21)22/h4-6,9,12H,1-3,7H2,(H,16,18)(H,19,20)/t12-/m0/s1. The molecule has 116 valence electrons. The van der Waals surface area contributed by atoms with E-state index < -0.39 is 22.8 Å². The van der Waals surface area contributed by atoms with E-state index in [-0.39, 0.29) is 17.7 Å². The van der Waals surface area contributed by atoms with Gasteiger partial charge in [-0.1, -0.05) is 6.07 Å². The van der Waals surface area contributed by atoms with Crippen LogP contribution in [-0.2, 0) is 4.79 Å². The average Bonchev–Trinajstić information content (AvgIpc) is 2.50. The summed E-state index contributed by atoms with van der Waals surface area (Å²) in [4.78, 5) is 33.1. The van der Waals surface area contributed by atoms with Crippen molar-refractivity contribution < 1.29 is 19.6 Å². The molecule has 22 heavy (non-hydrogen) atoms. The summed E-state index contributed by atoms with van der Waals surface area (Å²) >= 11 is 0.